The maximum absolute atomic E-state index is 5.91. The van der Waals surface area contributed by atoms with Crippen LogP contribution in [0.2, 0.25) is 5.15 Å². The predicted octanol–water partition coefficient (Wildman–Crippen LogP) is 5.53. The summed E-state index contributed by atoms with van der Waals surface area (Å²) in [5, 5.41) is 0.462. The number of benzene rings is 2. The zero-order valence-electron chi connectivity index (χ0n) is 13.3. The van der Waals surface area contributed by atoms with Gasteiger partial charge in [-0.2, -0.15) is 0 Å². The number of halogens is 1. The Kier molecular flexibility index (Phi) is 4.23. The van der Waals surface area contributed by atoms with Crippen LogP contribution in [0.4, 0.5) is 0 Å². The lowest BCUT2D eigenvalue weighted by atomic mass is 10.1. The van der Waals surface area contributed by atoms with Crippen LogP contribution in [0.1, 0.15) is 0 Å². The Balaban J connectivity index is 1.90. The van der Waals surface area contributed by atoms with Gasteiger partial charge < -0.3 is 0 Å². The molecule has 0 atom stereocenters. The standard InChI is InChI=1S/C21H14ClN3/c22-20-12-11-17(14-23-20)19-13-18(15-7-3-1-4-8-15)24-21(25-19)16-9-5-2-6-10-16/h1-14H. The number of rotatable bonds is 3. The van der Waals surface area contributed by atoms with E-state index in [1.165, 1.54) is 0 Å². The van der Waals surface area contributed by atoms with Crippen molar-refractivity contribution in [3.63, 3.8) is 0 Å². The second-order valence-corrected chi connectivity index (χ2v) is 5.95. The van der Waals surface area contributed by atoms with Crippen molar-refractivity contribution in [2.24, 2.45) is 0 Å². The predicted molar refractivity (Wildman–Crippen MR) is 101 cm³/mol. The Morgan fingerprint density at radius 1 is 0.600 bits per heavy atom. The molecule has 0 saturated carbocycles. The highest BCUT2D eigenvalue weighted by molar-refractivity contribution is 6.29. The van der Waals surface area contributed by atoms with Crippen LogP contribution >= 0.6 is 11.6 Å². The summed E-state index contributed by atoms with van der Waals surface area (Å²) in [7, 11) is 0. The minimum Gasteiger partial charge on any atom is -0.244 e. The molecule has 4 heteroatoms. The molecule has 4 rings (SSSR count). The molecule has 25 heavy (non-hydrogen) atoms. The second kappa shape index (κ2) is 6.83. The van der Waals surface area contributed by atoms with E-state index in [-0.39, 0.29) is 0 Å². The fourth-order valence-electron chi connectivity index (χ4n) is 2.60. The Morgan fingerprint density at radius 3 is 1.80 bits per heavy atom. The van der Waals surface area contributed by atoms with E-state index in [4.69, 9.17) is 21.6 Å². The van der Waals surface area contributed by atoms with E-state index >= 15 is 0 Å². The summed E-state index contributed by atoms with van der Waals surface area (Å²) in [6.45, 7) is 0. The van der Waals surface area contributed by atoms with E-state index in [0.29, 0.717) is 11.0 Å². The normalized spacial score (nSPS) is 10.6. The smallest absolute Gasteiger partial charge is 0.160 e. The van der Waals surface area contributed by atoms with Gasteiger partial charge in [-0.15, -0.1) is 0 Å². The maximum atomic E-state index is 5.91. The molecule has 0 N–H and O–H groups in total. The van der Waals surface area contributed by atoms with Crippen molar-refractivity contribution in [2.45, 2.75) is 0 Å². The number of hydrogen-bond acceptors (Lipinski definition) is 3. The van der Waals surface area contributed by atoms with Crippen molar-refractivity contribution in [1.82, 2.24) is 15.0 Å². The van der Waals surface area contributed by atoms with E-state index < -0.39 is 0 Å². The first-order chi connectivity index (χ1) is 12.3. The molecule has 3 nitrogen and oxygen atoms in total. The molecule has 0 unspecified atom stereocenters. The van der Waals surface area contributed by atoms with Gasteiger partial charge in [0, 0.05) is 22.9 Å². The van der Waals surface area contributed by atoms with Gasteiger partial charge in [-0.05, 0) is 18.2 Å². The zero-order chi connectivity index (χ0) is 17.1. The van der Waals surface area contributed by atoms with E-state index in [1.54, 1.807) is 12.3 Å². The Labute approximate surface area is 151 Å². The van der Waals surface area contributed by atoms with Gasteiger partial charge >= 0.3 is 0 Å². The molecule has 2 heterocycles. The molecule has 0 saturated heterocycles. The van der Waals surface area contributed by atoms with Gasteiger partial charge in [0.1, 0.15) is 5.15 Å². The highest BCUT2D eigenvalue weighted by Gasteiger charge is 2.10. The lowest BCUT2D eigenvalue weighted by molar-refractivity contribution is 1.18. The van der Waals surface area contributed by atoms with Crippen LogP contribution in [-0.4, -0.2) is 15.0 Å². The average molecular weight is 344 g/mol. The first kappa shape index (κ1) is 15.5. The second-order valence-electron chi connectivity index (χ2n) is 5.56. The van der Waals surface area contributed by atoms with Crippen LogP contribution in [0.5, 0.6) is 0 Å². The van der Waals surface area contributed by atoms with Gasteiger partial charge in [0.15, 0.2) is 5.82 Å². The van der Waals surface area contributed by atoms with Crippen LogP contribution in [0, 0.1) is 0 Å². The molecule has 4 aromatic rings. The maximum Gasteiger partial charge on any atom is 0.160 e. The van der Waals surface area contributed by atoms with Crippen molar-refractivity contribution in [3.05, 3.63) is 90.2 Å². The van der Waals surface area contributed by atoms with Gasteiger partial charge in [0.05, 0.1) is 11.4 Å². The minimum absolute atomic E-state index is 0.462. The van der Waals surface area contributed by atoms with Crippen LogP contribution in [0.25, 0.3) is 33.9 Å². The monoisotopic (exact) mass is 343 g/mol. The third-order valence-electron chi connectivity index (χ3n) is 3.85. The molecule has 0 fully saturated rings. The topological polar surface area (TPSA) is 38.7 Å². The molecule has 0 aliphatic rings. The molecule has 0 radical (unpaired) electrons. The molecule has 2 aromatic heterocycles. The van der Waals surface area contributed by atoms with Gasteiger partial charge in [-0.25, -0.2) is 15.0 Å². The van der Waals surface area contributed by atoms with Gasteiger partial charge in [-0.1, -0.05) is 72.3 Å². The lowest BCUT2D eigenvalue weighted by Crippen LogP contribution is -1.96. The Morgan fingerprint density at radius 2 is 1.20 bits per heavy atom. The van der Waals surface area contributed by atoms with Gasteiger partial charge in [0.2, 0.25) is 0 Å². The molecule has 2 aromatic carbocycles. The fourth-order valence-corrected chi connectivity index (χ4v) is 2.71. The van der Waals surface area contributed by atoms with E-state index in [9.17, 15) is 0 Å². The van der Waals surface area contributed by atoms with Crippen molar-refractivity contribution >= 4 is 11.6 Å². The van der Waals surface area contributed by atoms with Gasteiger partial charge in [0.25, 0.3) is 0 Å². The molecule has 0 aliphatic carbocycles. The lowest BCUT2D eigenvalue weighted by Gasteiger charge is -2.09. The molecule has 0 spiro atoms. The van der Waals surface area contributed by atoms with Crippen molar-refractivity contribution in [1.29, 1.82) is 0 Å². The Bertz CT molecular complexity index is 927. The zero-order valence-corrected chi connectivity index (χ0v) is 14.1. The highest BCUT2D eigenvalue weighted by atomic mass is 35.5. The molecular formula is C21H14ClN3. The summed E-state index contributed by atoms with van der Waals surface area (Å²) >= 11 is 5.91. The molecule has 0 bridgehead atoms. The fraction of sp³-hybridized carbons (Fsp3) is 0. The summed E-state index contributed by atoms with van der Waals surface area (Å²) < 4.78 is 0. The van der Waals surface area contributed by atoms with Crippen molar-refractivity contribution in [3.8, 4) is 33.9 Å². The SMILES string of the molecule is Clc1ccc(-c2cc(-c3ccccc3)nc(-c3ccccc3)n2)cn1. The minimum atomic E-state index is 0.462. The first-order valence-electron chi connectivity index (χ1n) is 7.91. The van der Waals surface area contributed by atoms with Crippen LogP contribution in [0.15, 0.2) is 85.1 Å². The van der Waals surface area contributed by atoms with Gasteiger partial charge in [-0.3, -0.25) is 0 Å². The summed E-state index contributed by atoms with van der Waals surface area (Å²) in [6.07, 6.45) is 1.73. The number of hydrogen-bond donors (Lipinski definition) is 0. The third kappa shape index (κ3) is 3.42. The Hall–Kier alpha value is -3.04. The summed E-state index contributed by atoms with van der Waals surface area (Å²) in [5.74, 6) is 0.687. The number of nitrogens with zero attached hydrogens (tertiary/aromatic N) is 3. The van der Waals surface area contributed by atoms with Crippen molar-refractivity contribution in [2.75, 3.05) is 0 Å². The summed E-state index contributed by atoms with van der Waals surface area (Å²) in [4.78, 5) is 13.7. The number of pyridine rings is 1. The first-order valence-corrected chi connectivity index (χ1v) is 8.29. The van der Waals surface area contributed by atoms with E-state index in [0.717, 1.165) is 28.1 Å². The molecule has 120 valence electrons. The van der Waals surface area contributed by atoms with E-state index in [2.05, 4.69) is 4.98 Å². The quantitative estimate of drug-likeness (QED) is 0.459. The largest absolute Gasteiger partial charge is 0.244 e. The molecule has 0 amide bonds. The molecule has 0 aliphatic heterocycles. The van der Waals surface area contributed by atoms with Crippen LogP contribution in [-0.2, 0) is 0 Å². The number of aromatic nitrogens is 3. The van der Waals surface area contributed by atoms with Crippen molar-refractivity contribution < 1.29 is 0 Å². The van der Waals surface area contributed by atoms with Crippen LogP contribution < -0.4 is 0 Å². The van der Waals surface area contributed by atoms with Crippen LogP contribution in [0.3, 0.4) is 0 Å². The third-order valence-corrected chi connectivity index (χ3v) is 4.07. The average Bonchev–Trinajstić information content (AvgIpc) is 2.69. The summed E-state index contributed by atoms with van der Waals surface area (Å²) in [5.41, 5.74) is 4.62. The highest BCUT2D eigenvalue weighted by Crippen LogP contribution is 2.27. The molecular weight excluding hydrogens is 330 g/mol. The summed E-state index contributed by atoms with van der Waals surface area (Å²) in [6, 6.07) is 25.7. The van der Waals surface area contributed by atoms with E-state index in [1.807, 2.05) is 72.8 Å².